The molecular weight excluding hydrogens is 393 g/mol. The zero-order chi connectivity index (χ0) is 20.5. The lowest BCUT2D eigenvalue weighted by atomic mass is 9.95. The van der Waals surface area contributed by atoms with Gasteiger partial charge in [-0.2, -0.15) is 0 Å². The number of nitrogens with zero attached hydrogens (tertiary/aromatic N) is 1. The molecule has 4 rings (SSSR count). The molecule has 1 aliphatic rings. The number of carbonyl (C=O) groups excluding carboxylic acids is 2. The lowest BCUT2D eigenvalue weighted by molar-refractivity contribution is -0.132. The minimum Gasteiger partial charge on any atom is -0.507 e. The van der Waals surface area contributed by atoms with Crippen molar-refractivity contribution in [2.45, 2.75) is 6.04 Å². The third-order valence-corrected chi connectivity index (χ3v) is 5.03. The van der Waals surface area contributed by atoms with E-state index in [1.807, 2.05) is 0 Å². The summed E-state index contributed by atoms with van der Waals surface area (Å²) in [6, 6.07) is 19.5. The highest BCUT2D eigenvalue weighted by molar-refractivity contribution is 6.51. The number of hydrogen-bond acceptors (Lipinski definition) is 3. The van der Waals surface area contributed by atoms with Crippen LogP contribution >= 0.6 is 11.6 Å². The van der Waals surface area contributed by atoms with E-state index < -0.39 is 23.5 Å². The van der Waals surface area contributed by atoms with Crippen molar-refractivity contribution in [2.24, 2.45) is 0 Å². The van der Waals surface area contributed by atoms with Crippen molar-refractivity contribution in [1.82, 2.24) is 0 Å². The average molecular weight is 408 g/mol. The number of halogens is 2. The standard InChI is InChI=1S/C23H15ClFNO3/c24-16-8-12-18(13-9-16)26-20(14-6-10-17(25)11-7-14)19(22(28)23(26)29)21(27)15-4-2-1-3-5-15/h1-13,20,27H/b21-19+. The van der Waals surface area contributed by atoms with Crippen LogP contribution in [0.25, 0.3) is 5.76 Å². The topological polar surface area (TPSA) is 57.6 Å². The average Bonchev–Trinajstić information content (AvgIpc) is 3.00. The Bertz CT molecular complexity index is 1110. The van der Waals surface area contributed by atoms with Crippen LogP contribution in [0.3, 0.4) is 0 Å². The second kappa shape index (κ2) is 7.53. The van der Waals surface area contributed by atoms with Gasteiger partial charge in [-0.15, -0.1) is 0 Å². The Morgan fingerprint density at radius 1 is 0.897 bits per heavy atom. The summed E-state index contributed by atoms with van der Waals surface area (Å²) in [4.78, 5) is 27.1. The number of Topliss-reactive ketones (excluding diaryl/α,β-unsaturated/α-hetero) is 1. The lowest BCUT2D eigenvalue weighted by Crippen LogP contribution is -2.29. The van der Waals surface area contributed by atoms with Gasteiger partial charge in [0.25, 0.3) is 11.7 Å². The fourth-order valence-corrected chi connectivity index (χ4v) is 3.54. The van der Waals surface area contributed by atoms with Gasteiger partial charge in [-0.25, -0.2) is 4.39 Å². The molecule has 0 bridgehead atoms. The SMILES string of the molecule is O=C1C(=O)N(c2ccc(Cl)cc2)C(c2ccc(F)cc2)/C1=C(\O)c1ccccc1. The number of anilines is 1. The maximum absolute atomic E-state index is 13.5. The number of carbonyl (C=O) groups is 2. The number of benzene rings is 3. The minimum atomic E-state index is -0.906. The fraction of sp³-hybridized carbons (Fsp3) is 0.0435. The number of rotatable bonds is 3. The van der Waals surface area contributed by atoms with E-state index in [0.717, 1.165) is 0 Å². The first-order chi connectivity index (χ1) is 14.0. The number of aliphatic hydroxyl groups excluding tert-OH is 1. The van der Waals surface area contributed by atoms with Gasteiger partial charge in [0, 0.05) is 16.3 Å². The molecule has 1 fully saturated rings. The van der Waals surface area contributed by atoms with Crippen molar-refractivity contribution < 1.29 is 19.1 Å². The third kappa shape index (κ3) is 3.41. The molecular formula is C23H15ClFNO3. The Balaban J connectivity index is 1.94. The zero-order valence-electron chi connectivity index (χ0n) is 15.0. The molecule has 1 unspecified atom stereocenters. The third-order valence-electron chi connectivity index (χ3n) is 4.78. The second-order valence-electron chi connectivity index (χ2n) is 6.56. The first kappa shape index (κ1) is 18.9. The van der Waals surface area contributed by atoms with Gasteiger partial charge in [0.05, 0.1) is 11.6 Å². The van der Waals surface area contributed by atoms with Crippen molar-refractivity contribution in [3.8, 4) is 0 Å². The molecule has 4 nitrogen and oxygen atoms in total. The summed E-state index contributed by atoms with van der Waals surface area (Å²) in [5.41, 5.74) is 1.30. The molecule has 0 aliphatic carbocycles. The van der Waals surface area contributed by atoms with Crippen LogP contribution in [0, 0.1) is 5.82 Å². The quantitative estimate of drug-likeness (QED) is 0.373. The molecule has 1 saturated heterocycles. The van der Waals surface area contributed by atoms with Crippen LogP contribution in [0.2, 0.25) is 5.02 Å². The van der Waals surface area contributed by atoms with E-state index in [4.69, 9.17) is 11.6 Å². The maximum Gasteiger partial charge on any atom is 0.300 e. The van der Waals surface area contributed by atoms with E-state index in [-0.39, 0.29) is 11.3 Å². The first-order valence-electron chi connectivity index (χ1n) is 8.85. The van der Waals surface area contributed by atoms with Crippen molar-refractivity contribution in [3.63, 3.8) is 0 Å². The summed E-state index contributed by atoms with van der Waals surface area (Å²) in [5.74, 6) is -2.32. The van der Waals surface area contributed by atoms with Crippen LogP contribution in [0.5, 0.6) is 0 Å². The van der Waals surface area contributed by atoms with Gasteiger partial charge in [0.2, 0.25) is 0 Å². The summed E-state index contributed by atoms with van der Waals surface area (Å²) in [5, 5.41) is 11.4. The van der Waals surface area contributed by atoms with Gasteiger partial charge < -0.3 is 5.11 Å². The van der Waals surface area contributed by atoms with E-state index in [2.05, 4.69) is 0 Å². The van der Waals surface area contributed by atoms with Gasteiger partial charge in [0.15, 0.2) is 0 Å². The fourth-order valence-electron chi connectivity index (χ4n) is 3.41. The molecule has 0 aromatic heterocycles. The van der Waals surface area contributed by atoms with Crippen LogP contribution < -0.4 is 4.90 Å². The molecule has 1 atom stereocenters. The highest BCUT2D eigenvalue weighted by Crippen LogP contribution is 2.42. The lowest BCUT2D eigenvalue weighted by Gasteiger charge is -2.25. The highest BCUT2D eigenvalue weighted by Gasteiger charge is 2.46. The van der Waals surface area contributed by atoms with E-state index in [1.165, 1.54) is 29.2 Å². The highest BCUT2D eigenvalue weighted by atomic mass is 35.5. The first-order valence-corrected chi connectivity index (χ1v) is 9.22. The summed E-state index contributed by atoms with van der Waals surface area (Å²) >= 11 is 5.95. The number of amides is 1. The van der Waals surface area contributed by atoms with Crippen LogP contribution in [-0.4, -0.2) is 16.8 Å². The van der Waals surface area contributed by atoms with Crippen LogP contribution in [0.1, 0.15) is 17.2 Å². The number of hydrogen-bond donors (Lipinski definition) is 1. The molecule has 0 spiro atoms. The van der Waals surface area contributed by atoms with Crippen molar-refractivity contribution in [3.05, 3.63) is 106 Å². The molecule has 1 heterocycles. The van der Waals surface area contributed by atoms with Gasteiger partial charge in [0.1, 0.15) is 11.6 Å². The van der Waals surface area contributed by atoms with Crippen LogP contribution in [0.15, 0.2) is 84.4 Å². The van der Waals surface area contributed by atoms with Gasteiger partial charge in [-0.05, 0) is 42.0 Å². The molecule has 144 valence electrons. The van der Waals surface area contributed by atoms with E-state index >= 15 is 0 Å². The molecule has 0 saturated carbocycles. The van der Waals surface area contributed by atoms with Gasteiger partial charge in [-0.3, -0.25) is 14.5 Å². The number of aliphatic hydroxyl groups is 1. The molecule has 1 N–H and O–H groups in total. The summed E-state index contributed by atoms with van der Waals surface area (Å²) < 4.78 is 13.5. The van der Waals surface area contributed by atoms with E-state index in [0.29, 0.717) is 21.8 Å². The Labute approximate surface area is 171 Å². The minimum absolute atomic E-state index is 0.0530. The monoisotopic (exact) mass is 407 g/mol. The largest absolute Gasteiger partial charge is 0.507 e. The second-order valence-corrected chi connectivity index (χ2v) is 7.00. The molecule has 6 heteroatoms. The van der Waals surface area contributed by atoms with Gasteiger partial charge >= 0.3 is 0 Å². The Morgan fingerprint density at radius 2 is 1.52 bits per heavy atom. The molecule has 3 aromatic rings. The molecule has 3 aromatic carbocycles. The van der Waals surface area contributed by atoms with Crippen LogP contribution in [-0.2, 0) is 9.59 Å². The molecule has 0 radical (unpaired) electrons. The predicted molar refractivity (Wildman–Crippen MR) is 109 cm³/mol. The smallest absolute Gasteiger partial charge is 0.300 e. The van der Waals surface area contributed by atoms with Crippen LogP contribution in [0.4, 0.5) is 10.1 Å². The summed E-state index contributed by atoms with van der Waals surface area (Å²) in [6.07, 6.45) is 0. The molecule has 1 amide bonds. The van der Waals surface area contributed by atoms with Crippen molar-refractivity contribution in [2.75, 3.05) is 4.90 Å². The Hall–Kier alpha value is -3.44. The Morgan fingerprint density at radius 3 is 2.14 bits per heavy atom. The van der Waals surface area contributed by atoms with E-state index in [9.17, 15) is 19.1 Å². The summed E-state index contributed by atoms with van der Waals surface area (Å²) in [7, 11) is 0. The molecule has 1 aliphatic heterocycles. The van der Waals surface area contributed by atoms with Crippen molar-refractivity contribution in [1.29, 1.82) is 0 Å². The van der Waals surface area contributed by atoms with E-state index in [1.54, 1.807) is 54.6 Å². The Kier molecular flexibility index (Phi) is 4.91. The molecule has 29 heavy (non-hydrogen) atoms. The van der Waals surface area contributed by atoms with Crippen molar-refractivity contribution >= 4 is 34.7 Å². The zero-order valence-corrected chi connectivity index (χ0v) is 15.8. The predicted octanol–water partition coefficient (Wildman–Crippen LogP) is 5.11. The maximum atomic E-state index is 13.5. The summed E-state index contributed by atoms with van der Waals surface area (Å²) in [6.45, 7) is 0. The van der Waals surface area contributed by atoms with Gasteiger partial charge in [-0.1, -0.05) is 54.1 Å². The number of ketones is 1. The normalized spacial score (nSPS) is 18.3.